The third-order valence-electron chi connectivity index (χ3n) is 2.89. The van der Waals surface area contributed by atoms with Gasteiger partial charge in [-0.1, -0.05) is 47.1 Å². The minimum atomic E-state index is 0.0641. The molecule has 1 nitrogen and oxygen atoms in total. The zero-order chi connectivity index (χ0) is 15.5. The van der Waals surface area contributed by atoms with Crippen LogP contribution in [0, 0.1) is 0 Å². The number of benzene rings is 2. The molecule has 21 heavy (non-hydrogen) atoms. The van der Waals surface area contributed by atoms with Crippen molar-refractivity contribution >= 4 is 35.0 Å². The summed E-state index contributed by atoms with van der Waals surface area (Å²) >= 11 is 14.1. The van der Waals surface area contributed by atoms with E-state index in [4.69, 9.17) is 23.2 Å². The lowest BCUT2D eigenvalue weighted by atomic mass is 10.1. The summed E-state index contributed by atoms with van der Waals surface area (Å²) in [7, 11) is 0. The molecule has 0 aliphatic heterocycles. The summed E-state index contributed by atoms with van der Waals surface area (Å²) in [5.74, 6) is 0. The molecule has 0 saturated carbocycles. The summed E-state index contributed by atoms with van der Waals surface area (Å²) in [6.45, 7) is 7.23. The van der Waals surface area contributed by atoms with Gasteiger partial charge in [0.1, 0.15) is 0 Å². The Kier molecular flexibility index (Phi) is 5.61. The fourth-order valence-electron chi connectivity index (χ4n) is 1.79. The molecule has 0 aromatic heterocycles. The maximum Gasteiger partial charge on any atom is 0.0545 e. The van der Waals surface area contributed by atoms with Gasteiger partial charge in [-0.25, -0.2) is 0 Å². The first kappa shape index (κ1) is 16.7. The standard InChI is InChI=1S/C17H19Cl2NS/c1-17(2,3)20-11-12-10-13(18)8-9-15(12)21-16-7-5-4-6-14(16)19/h4-10,20H,11H2,1-3H3. The molecule has 0 bridgehead atoms. The van der Waals surface area contributed by atoms with Crippen molar-refractivity contribution in [2.24, 2.45) is 0 Å². The van der Waals surface area contributed by atoms with Crippen molar-refractivity contribution in [1.82, 2.24) is 5.32 Å². The summed E-state index contributed by atoms with van der Waals surface area (Å²) in [5, 5.41) is 5.03. The molecule has 0 fully saturated rings. The minimum absolute atomic E-state index is 0.0641. The topological polar surface area (TPSA) is 12.0 Å². The largest absolute Gasteiger partial charge is 0.308 e. The van der Waals surface area contributed by atoms with E-state index in [1.54, 1.807) is 11.8 Å². The number of halogens is 2. The molecule has 0 spiro atoms. The van der Waals surface area contributed by atoms with Crippen LogP contribution in [0.3, 0.4) is 0 Å². The van der Waals surface area contributed by atoms with Crippen LogP contribution in [0.15, 0.2) is 52.3 Å². The Bertz CT molecular complexity index is 620. The van der Waals surface area contributed by atoms with E-state index < -0.39 is 0 Å². The zero-order valence-electron chi connectivity index (χ0n) is 12.4. The Morgan fingerprint density at radius 2 is 1.71 bits per heavy atom. The molecular formula is C17H19Cl2NS. The van der Waals surface area contributed by atoms with Gasteiger partial charge in [-0.2, -0.15) is 0 Å². The molecule has 0 amide bonds. The van der Waals surface area contributed by atoms with Crippen molar-refractivity contribution < 1.29 is 0 Å². The lowest BCUT2D eigenvalue weighted by molar-refractivity contribution is 0.422. The van der Waals surface area contributed by atoms with Crippen LogP contribution < -0.4 is 5.32 Å². The van der Waals surface area contributed by atoms with Crippen molar-refractivity contribution in [3.8, 4) is 0 Å². The minimum Gasteiger partial charge on any atom is -0.308 e. The Labute approximate surface area is 141 Å². The third-order valence-corrected chi connectivity index (χ3v) is 4.76. The quantitative estimate of drug-likeness (QED) is 0.729. The van der Waals surface area contributed by atoms with Crippen LogP contribution in [0.25, 0.3) is 0 Å². The van der Waals surface area contributed by atoms with Crippen molar-refractivity contribution in [1.29, 1.82) is 0 Å². The van der Waals surface area contributed by atoms with E-state index in [1.165, 1.54) is 10.5 Å². The first-order valence-corrected chi connectivity index (χ1v) is 8.38. The molecular weight excluding hydrogens is 321 g/mol. The van der Waals surface area contributed by atoms with Crippen LogP contribution in [0.4, 0.5) is 0 Å². The van der Waals surface area contributed by atoms with E-state index in [0.717, 1.165) is 21.5 Å². The first-order chi connectivity index (χ1) is 9.85. The Balaban J connectivity index is 2.25. The molecule has 0 atom stereocenters. The Morgan fingerprint density at radius 3 is 2.38 bits per heavy atom. The fraction of sp³-hybridized carbons (Fsp3) is 0.294. The molecule has 0 unspecified atom stereocenters. The van der Waals surface area contributed by atoms with Gasteiger partial charge in [0.2, 0.25) is 0 Å². The Hall–Kier alpha value is -0.670. The maximum absolute atomic E-state index is 6.24. The van der Waals surface area contributed by atoms with Gasteiger partial charge in [0.05, 0.1) is 5.02 Å². The van der Waals surface area contributed by atoms with E-state index in [9.17, 15) is 0 Å². The Morgan fingerprint density at radius 1 is 1.00 bits per heavy atom. The van der Waals surface area contributed by atoms with E-state index in [0.29, 0.717) is 0 Å². The second-order valence-corrected chi connectivity index (χ2v) is 7.82. The van der Waals surface area contributed by atoms with Gasteiger partial charge in [0.25, 0.3) is 0 Å². The van der Waals surface area contributed by atoms with E-state index >= 15 is 0 Å². The predicted octanol–water partition coefficient (Wildman–Crippen LogP) is 6.03. The first-order valence-electron chi connectivity index (χ1n) is 6.81. The average molecular weight is 340 g/mol. The summed E-state index contributed by atoms with van der Waals surface area (Å²) in [5.41, 5.74) is 1.25. The van der Waals surface area contributed by atoms with Gasteiger partial charge in [-0.05, 0) is 56.7 Å². The van der Waals surface area contributed by atoms with Gasteiger partial charge >= 0.3 is 0 Å². The number of hydrogen-bond acceptors (Lipinski definition) is 2. The molecule has 0 heterocycles. The van der Waals surface area contributed by atoms with Gasteiger partial charge < -0.3 is 5.32 Å². The number of rotatable bonds is 4. The highest BCUT2D eigenvalue weighted by Gasteiger charge is 2.12. The van der Waals surface area contributed by atoms with Crippen LogP contribution in [0.2, 0.25) is 10.0 Å². The number of hydrogen-bond donors (Lipinski definition) is 1. The van der Waals surface area contributed by atoms with Gasteiger partial charge in [-0.15, -0.1) is 0 Å². The fourth-order valence-corrected chi connectivity index (χ4v) is 3.19. The smallest absolute Gasteiger partial charge is 0.0545 e. The highest BCUT2D eigenvalue weighted by molar-refractivity contribution is 7.99. The number of nitrogens with one attached hydrogen (secondary N) is 1. The lowest BCUT2D eigenvalue weighted by Crippen LogP contribution is -2.35. The van der Waals surface area contributed by atoms with E-state index in [-0.39, 0.29) is 5.54 Å². The third kappa shape index (κ3) is 5.23. The van der Waals surface area contributed by atoms with Crippen LogP contribution >= 0.6 is 35.0 Å². The predicted molar refractivity (Wildman–Crippen MR) is 93.6 cm³/mol. The zero-order valence-corrected chi connectivity index (χ0v) is 14.7. The highest BCUT2D eigenvalue weighted by atomic mass is 35.5. The molecule has 0 aliphatic carbocycles. The van der Waals surface area contributed by atoms with E-state index in [2.05, 4.69) is 32.2 Å². The van der Waals surface area contributed by atoms with Crippen molar-refractivity contribution in [2.45, 2.75) is 42.6 Å². The van der Waals surface area contributed by atoms with Crippen LogP contribution in [0.5, 0.6) is 0 Å². The average Bonchev–Trinajstić information content (AvgIpc) is 2.40. The van der Waals surface area contributed by atoms with Gasteiger partial charge in [0, 0.05) is 26.9 Å². The molecule has 0 saturated heterocycles. The normalized spacial score (nSPS) is 11.7. The molecule has 1 N–H and O–H groups in total. The van der Waals surface area contributed by atoms with Gasteiger partial charge in [0.15, 0.2) is 0 Å². The molecule has 4 heteroatoms. The molecule has 2 aromatic carbocycles. The van der Waals surface area contributed by atoms with E-state index in [1.807, 2.05) is 36.4 Å². The van der Waals surface area contributed by atoms with Crippen molar-refractivity contribution in [3.05, 3.63) is 58.1 Å². The molecule has 2 aromatic rings. The SMILES string of the molecule is CC(C)(C)NCc1cc(Cl)ccc1Sc1ccccc1Cl. The summed E-state index contributed by atoms with van der Waals surface area (Å²) < 4.78 is 0. The second kappa shape index (κ2) is 7.06. The van der Waals surface area contributed by atoms with Crippen molar-refractivity contribution in [2.75, 3.05) is 0 Å². The van der Waals surface area contributed by atoms with Crippen molar-refractivity contribution in [3.63, 3.8) is 0 Å². The molecule has 2 rings (SSSR count). The molecule has 0 aliphatic rings. The second-order valence-electron chi connectivity index (χ2n) is 5.89. The summed E-state index contributed by atoms with van der Waals surface area (Å²) in [6, 6.07) is 13.9. The lowest BCUT2D eigenvalue weighted by Gasteiger charge is -2.21. The molecule has 0 radical (unpaired) electrons. The maximum atomic E-state index is 6.24. The van der Waals surface area contributed by atoms with Crippen LogP contribution in [-0.2, 0) is 6.54 Å². The van der Waals surface area contributed by atoms with Crippen LogP contribution in [0.1, 0.15) is 26.3 Å². The summed E-state index contributed by atoms with van der Waals surface area (Å²) in [6.07, 6.45) is 0. The highest BCUT2D eigenvalue weighted by Crippen LogP contribution is 2.36. The summed E-state index contributed by atoms with van der Waals surface area (Å²) in [4.78, 5) is 2.22. The monoisotopic (exact) mass is 339 g/mol. The molecule has 112 valence electrons. The van der Waals surface area contributed by atoms with Crippen LogP contribution in [-0.4, -0.2) is 5.54 Å². The van der Waals surface area contributed by atoms with Gasteiger partial charge in [-0.3, -0.25) is 0 Å².